The molecule has 0 aromatic rings. The van der Waals surface area contributed by atoms with Crippen molar-refractivity contribution >= 4 is 29.2 Å². The fraction of sp³-hybridized carbons (Fsp3) is 0.755. The number of fused-ring (bicyclic) bond motifs is 3. The number of aliphatic hydroxyl groups is 3. The van der Waals surface area contributed by atoms with Gasteiger partial charge in [-0.05, 0) is 107 Å². The predicted molar refractivity (Wildman–Crippen MR) is 256 cm³/mol. The number of hydrogen-bond acceptors (Lipinski definition) is 14. The first kappa shape index (κ1) is 51.0. The van der Waals surface area contributed by atoms with E-state index in [2.05, 4.69) is 0 Å². The van der Waals surface area contributed by atoms with Gasteiger partial charge in [-0.2, -0.15) is 0 Å². The van der Waals surface area contributed by atoms with Gasteiger partial charge in [0, 0.05) is 58.5 Å². The van der Waals surface area contributed by atoms with E-state index in [0.29, 0.717) is 56.9 Å². The van der Waals surface area contributed by atoms with Crippen molar-refractivity contribution in [2.45, 2.75) is 180 Å². The second-order valence-corrected chi connectivity index (χ2v) is 19.9. The second kappa shape index (κ2) is 27.3. The van der Waals surface area contributed by atoms with Crippen LogP contribution in [0.5, 0.6) is 0 Å². The summed E-state index contributed by atoms with van der Waals surface area (Å²) in [5.41, 5.74) is 1.19. The van der Waals surface area contributed by atoms with E-state index in [1.54, 1.807) is 40.9 Å². The summed E-state index contributed by atoms with van der Waals surface area (Å²) in [5, 5.41) is 33.3. The zero-order valence-electron chi connectivity index (χ0n) is 46.0. The van der Waals surface area contributed by atoms with Crippen LogP contribution in [0.3, 0.4) is 0 Å². The molecule has 384 valence electrons. The van der Waals surface area contributed by atoms with Gasteiger partial charge in [-0.3, -0.25) is 19.2 Å². The average Bonchev–Trinajstić information content (AvgIpc) is 3.32. The lowest BCUT2D eigenvalue weighted by atomic mass is 9.78. The van der Waals surface area contributed by atoms with E-state index >= 15 is 0 Å². The Balaban J connectivity index is 1.70. The molecule has 0 aromatic heterocycles. The predicted octanol–water partition coefficient (Wildman–Crippen LogP) is 6.20. The van der Waals surface area contributed by atoms with Crippen molar-refractivity contribution < 1.29 is 73.2 Å². The molecule has 2 bridgehead atoms. The first-order chi connectivity index (χ1) is 33.7. The lowest BCUT2D eigenvalue weighted by Gasteiger charge is -2.42. The molecule has 3 N–H and O–H groups in total. The van der Waals surface area contributed by atoms with Gasteiger partial charge in [-0.15, -0.1) is 0 Å². The molecule has 0 aromatic carbocycles. The molecular weight excluding hydrogens is 875 g/mol. The smallest absolute Gasteiger partial charge is 0.329 e. The van der Waals surface area contributed by atoms with Crippen molar-refractivity contribution in [3.05, 3.63) is 47.6 Å². The molecule has 15 nitrogen and oxygen atoms in total. The summed E-state index contributed by atoms with van der Waals surface area (Å²) in [7, 11) is 4.33. The van der Waals surface area contributed by atoms with Crippen molar-refractivity contribution in [2.24, 2.45) is 35.5 Å². The van der Waals surface area contributed by atoms with Crippen LogP contribution in [0.2, 0.25) is 0 Å². The summed E-state index contributed by atoms with van der Waals surface area (Å²) in [6.07, 6.45) is 8.68. The Hall–Kier alpha value is -3.41. The molecule has 3 aliphatic heterocycles. The Kier molecular flexibility index (Phi) is 20.4. The first-order valence-electron chi connectivity index (χ1n) is 26.6. The number of Topliss-reactive ketones (excluding diaryl/α,β-unsaturated/α-hetero) is 3. The number of ketones is 3. The van der Waals surface area contributed by atoms with E-state index in [4.69, 9.17) is 33.9 Å². The van der Waals surface area contributed by atoms with E-state index < -0.39 is 109 Å². The summed E-state index contributed by atoms with van der Waals surface area (Å²) in [6.45, 7) is 6.12. The van der Waals surface area contributed by atoms with Crippen LogP contribution in [0.1, 0.15) is 131 Å². The van der Waals surface area contributed by atoms with Crippen LogP contribution in [-0.2, 0) is 52.4 Å². The molecule has 15 atom stereocenters. The summed E-state index contributed by atoms with van der Waals surface area (Å²) >= 11 is 0. The van der Waals surface area contributed by atoms with Gasteiger partial charge in [0.05, 0.1) is 43.0 Å². The Labute approximate surface area is 410 Å². The van der Waals surface area contributed by atoms with Crippen molar-refractivity contribution in [3.63, 3.8) is 0 Å². The highest BCUT2D eigenvalue weighted by atomic mass is 16.6. The fourth-order valence-corrected chi connectivity index (χ4v) is 10.3. The van der Waals surface area contributed by atoms with Crippen molar-refractivity contribution in [1.82, 2.24) is 4.90 Å². The molecular formula is C53H83NO14. The highest BCUT2D eigenvalue weighted by Crippen LogP contribution is 2.38. The molecule has 1 amide bonds. The minimum atomic E-state index is -3.27. The fourth-order valence-electron chi connectivity index (χ4n) is 10.3. The highest BCUT2D eigenvalue weighted by molar-refractivity contribution is 6.39. The Morgan fingerprint density at radius 1 is 0.882 bits per heavy atom. The third kappa shape index (κ3) is 15.3. The van der Waals surface area contributed by atoms with Crippen LogP contribution < -0.4 is 0 Å². The van der Waals surface area contributed by atoms with Crippen molar-refractivity contribution in [1.29, 1.82) is 0 Å². The van der Waals surface area contributed by atoms with Gasteiger partial charge in [0.25, 0.3) is 11.7 Å². The van der Waals surface area contributed by atoms with Crippen molar-refractivity contribution in [3.8, 4) is 0 Å². The molecule has 0 spiro atoms. The Morgan fingerprint density at radius 3 is 2.29 bits per heavy atom. The molecule has 3 heterocycles. The highest BCUT2D eigenvalue weighted by Gasteiger charge is 2.53. The summed E-state index contributed by atoms with van der Waals surface area (Å²) in [4.78, 5) is 72.3. The number of esters is 1. The number of carbonyl (C=O) groups is 5. The number of amides is 1. The molecule has 1 saturated carbocycles. The van der Waals surface area contributed by atoms with Gasteiger partial charge in [-0.1, -0.05) is 71.1 Å². The number of aliphatic hydroxyl groups excluding tert-OH is 1. The molecule has 2 saturated heterocycles. The van der Waals surface area contributed by atoms with Gasteiger partial charge in [0.15, 0.2) is 5.78 Å². The number of ether oxygens (including phenoxy) is 6. The van der Waals surface area contributed by atoms with E-state index in [0.717, 1.165) is 10.5 Å². The van der Waals surface area contributed by atoms with Crippen LogP contribution in [0, 0.1) is 35.5 Å². The van der Waals surface area contributed by atoms with Crippen molar-refractivity contribution in [2.75, 3.05) is 41.0 Å². The maximum Gasteiger partial charge on any atom is 0.329 e. The van der Waals surface area contributed by atoms with Gasteiger partial charge in [0.2, 0.25) is 5.79 Å². The van der Waals surface area contributed by atoms with E-state index in [1.165, 1.54) is 14.2 Å². The number of nitrogens with zero attached hydrogens (tertiary/aromatic N) is 1. The Bertz CT molecular complexity index is 1990. The molecule has 4 rings (SSSR count). The maximum atomic E-state index is 14.5. The van der Waals surface area contributed by atoms with Crippen LogP contribution in [0.15, 0.2) is 47.6 Å². The molecule has 1 aliphatic carbocycles. The number of hydrogen-bond donors (Lipinski definition) is 3. The number of cyclic esters (lactones) is 1. The number of allylic oxidation sites excluding steroid dienone is 6. The zero-order valence-corrected chi connectivity index (χ0v) is 42.0. The summed E-state index contributed by atoms with van der Waals surface area (Å²) < 4.78 is 65.9. The lowest BCUT2D eigenvalue weighted by molar-refractivity contribution is -0.265. The molecule has 4 aliphatic rings. The van der Waals surface area contributed by atoms with Crippen LogP contribution in [-0.4, -0.2) is 145 Å². The molecule has 15 unspecified atom stereocenters. The lowest BCUT2D eigenvalue weighted by Crippen LogP contribution is -2.61. The largest absolute Gasteiger partial charge is 0.460 e. The standard InChI is InChI=1S/C53H83NO14/c1-32-16-12-11-13-17-33(2)44(63-8)30-40-21-19-38(7)53(62,68-40)50(59)51(60)54-23-15-14-18-41(54)52(61)67-45(35(4)28-39-20-22-43(66-25-24-55)46(29-39)64-9)31-42(56)34(3)27-37(6)48(58)49(65-10)47(57)36(5)26-32/h11-13,16-17,27,32,34-36,38-41,43-46,48-49,55,58,62H,14-15,18-26,28-31H2,1-10H3/b13-11+,16-12+,33-17+,37-27+/i24D2,25D2. The van der Waals surface area contributed by atoms with Crippen LogP contribution >= 0.6 is 0 Å². The molecule has 3 fully saturated rings. The molecule has 15 heteroatoms. The summed E-state index contributed by atoms with van der Waals surface area (Å²) in [6, 6.07) is -1.22. The summed E-state index contributed by atoms with van der Waals surface area (Å²) in [5.74, 6) is -8.91. The first-order valence-corrected chi connectivity index (χ1v) is 24.6. The average molecular weight is 962 g/mol. The normalized spacial score (nSPS) is 40.5. The quantitative estimate of drug-likeness (QED) is 0.134. The van der Waals surface area contributed by atoms with Gasteiger partial charge in [-0.25, -0.2) is 4.79 Å². The third-order valence-corrected chi connectivity index (χ3v) is 14.7. The molecule has 68 heavy (non-hydrogen) atoms. The third-order valence-electron chi connectivity index (χ3n) is 14.7. The number of methoxy groups -OCH3 is 3. The zero-order chi connectivity index (χ0) is 53.9. The van der Waals surface area contributed by atoms with Crippen LogP contribution in [0.4, 0.5) is 0 Å². The minimum absolute atomic E-state index is 0.0148. The molecule has 0 radical (unpaired) electrons. The van der Waals surface area contributed by atoms with Gasteiger partial charge in [0.1, 0.15) is 30.1 Å². The van der Waals surface area contributed by atoms with E-state index in [1.807, 2.05) is 51.2 Å². The van der Waals surface area contributed by atoms with Gasteiger partial charge >= 0.3 is 5.97 Å². The van der Waals surface area contributed by atoms with E-state index in [9.17, 15) is 39.3 Å². The van der Waals surface area contributed by atoms with Gasteiger partial charge < -0.3 is 48.6 Å². The number of carbonyl (C=O) groups excluding carboxylic acids is 5. The number of rotatable bonds is 9. The Morgan fingerprint density at radius 2 is 1.62 bits per heavy atom. The topological polar surface area (TPSA) is 205 Å². The van der Waals surface area contributed by atoms with Crippen LogP contribution in [0.25, 0.3) is 0 Å². The van der Waals surface area contributed by atoms with E-state index in [-0.39, 0.29) is 55.6 Å². The second-order valence-electron chi connectivity index (χ2n) is 19.9. The SMILES string of the molecule is [2H]C([2H])(O)C([2H])([2H])OC1CCC(CC(C)C2CC(=O)C(C)/C=C(\C)C(O)C(OC)C(=O)C(C)CC(C)/C=C/C=C/C=C(\C)C(OC)CC3CCC(C)C(O)(O3)C(=O)C(=O)N3CCCCC3C(=O)O2)CC1OC. The maximum absolute atomic E-state index is 14.5. The number of piperidine rings is 1. The minimum Gasteiger partial charge on any atom is -0.460 e. The monoisotopic (exact) mass is 962 g/mol.